The molecule has 117 heavy (non-hydrogen) atoms. The topological polar surface area (TPSA) is 248 Å². The number of aryl methyl sites for hydroxylation is 1. The molecule has 0 saturated carbocycles. The zero-order valence-electron chi connectivity index (χ0n) is 68.2. The molecule has 0 aliphatic heterocycles. The number of rotatable bonds is 27. The van der Waals surface area contributed by atoms with Crippen LogP contribution in [0, 0.1) is 6.92 Å². The van der Waals surface area contributed by atoms with E-state index in [0.717, 1.165) is 186 Å². The Labute approximate surface area is 684 Å². The monoisotopic (exact) mass is 1560 g/mol. The quantitative estimate of drug-likeness (QED) is 0.0210. The fourth-order valence-corrected chi connectivity index (χ4v) is 14.3. The van der Waals surface area contributed by atoms with Gasteiger partial charge in [0.2, 0.25) is 50.2 Å². The predicted octanol–water partition coefficient (Wildman–Crippen LogP) is 17.8. The Hall–Kier alpha value is -13.8. The van der Waals surface area contributed by atoms with Crippen molar-refractivity contribution in [3.05, 3.63) is 279 Å². The second kappa shape index (κ2) is 39.8. The van der Waals surface area contributed by atoms with Gasteiger partial charge in [0.05, 0.1) is 22.7 Å². The average Bonchev–Trinajstić information content (AvgIpc) is 0.764. The lowest BCUT2D eigenvalue weighted by atomic mass is 10.1. The zero-order chi connectivity index (χ0) is 82.3. The SMILES string of the molecule is CCN(C)c1ccc(N=Nc2ccc3nc4ccc(N(CC)CC)cc4[n+](-c4ccccc4)c3c2)cc1.CCN(CC)c1ccc2nc3ccc(N=Nc4ccc(N(CC)CCCC(=O)[O-])cc4)cc3[n+](-c3ccccc3)c2c1.CCN(CCCC(=O)[O-])c1ccc(N)cc1.Cc1ccc2nc3ccc(N)cc3[n+](-c3ccccc3)c2c1. The summed E-state index contributed by atoms with van der Waals surface area (Å²) in [6, 6.07) is 91.8. The van der Waals surface area contributed by atoms with Gasteiger partial charge in [0.15, 0.2) is 0 Å². The lowest BCUT2D eigenvalue weighted by Gasteiger charge is -2.23. The predicted molar refractivity (Wildman–Crippen MR) is 474 cm³/mol. The van der Waals surface area contributed by atoms with Crippen molar-refractivity contribution in [2.24, 2.45) is 20.5 Å². The minimum atomic E-state index is -1.02. The van der Waals surface area contributed by atoms with Gasteiger partial charge in [-0.25, -0.2) is 15.0 Å². The van der Waals surface area contributed by atoms with Crippen LogP contribution in [0.1, 0.15) is 79.7 Å². The molecular weight excluding hydrogens is 1460 g/mol. The number of benzene rings is 12. The van der Waals surface area contributed by atoms with Gasteiger partial charge in [0.1, 0.15) is 33.1 Å². The molecule has 0 fully saturated rings. The molecule has 3 aromatic heterocycles. The first-order valence-electron chi connectivity index (χ1n) is 40.2. The summed E-state index contributed by atoms with van der Waals surface area (Å²) in [6.45, 7) is 24.8. The zero-order valence-corrected chi connectivity index (χ0v) is 68.2. The number of carboxylic acid groups (broad SMARTS) is 2. The molecule has 0 radical (unpaired) electrons. The van der Waals surface area contributed by atoms with Crippen LogP contribution in [-0.4, -0.2) is 92.8 Å². The van der Waals surface area contributed by atoms with Gasteiger partial charge < -0.3 is 55.8 Å². The number of carbonyl (C=O) groups excluding carboxylic acids is 2. The molecule has 0 atom stereocenters. The van der Waals surface area contributed by atoms with E-state index in [4.69, 9.17) is 26.4 Å². The molecule has 594 valence electrons. The van der Waals surface area contributed by atoms with Crippen LogP contribution in [0.15, 0.2) is 293 Å². The molecule has 4 N–H and O–H groups in total. The van der Waals surface area contributed by atoms with Crippen molar-refractivity contribution < 1.29 is 33.5 Å². The number of carboxylic acids is 2. The maximum atomic E-state index is 10.8. The summed E-state index contributed by atoms with van der Waals surface area (Å²) in [5.41, 5.74) is 38.0. The van der Waals surface area contributed by atoms with E-state index in [9.17, 15) is 19.8 Å². The van der Waals surface area contributed by atoms with Gasteiger partial charge in [-0.3, -0.25) is 0 Å². The Morgan fingerprint density at radius 1 is 0.325 bits per heavy atom. The Kier molecular flexibility index (Phi) is 28.1. The summed E-state index contributed by atoms with van der Waals surface area (Å²) in [7, 11) is 2.08. The van der Waals surface area contributed by atoms with E-state index in [2.05, 4.69) is 235 Å². The van der Waals surface area contributed by atoms with Crippen LogP contribution in [-0.2, 0) is 9.59 Å². The summed E-state index contributed by atoms with van der Waals surface area (Å²) in [5, 5.41) is 39.2. The molecule has 0 aliphatic carbocycles. The molecule has 21 nitrogen and oxygen atoms in total. The van der Waals surface area contributed by atoms with Crippen LogP contribution in [0.25, 0.3) is 83.3 Å². The highest BCUT2D eigenvalue weighted by atomic mass is 16.4. The van der Waals surface area contributed by atoms with Gasteiger partial charge in [-0.15, -0.1) is 13.7 Å². The fourth-order valence-electron chi connectivity index (χ4n) is 14.3. The van der Waals surface area contributed by atoms with E-state index < -0.39 is 11.9 Å². The highest BCUT2D eigenvalue weighted by molar-refractivity contribution is 5.88. The van der Waals surface area contributed by atoms with Crippen molar-refractivity contribution in [1.82, 2.24) is 15.0 Å². The minimum absolute atomic E-state index is 0.0568. The van der Waals surface area contributed by atoms with Crippen LogP contribution in [0.3, 0.4) is 0 Å². The number of nitrogen functional groups attached to an aromatic ring is 2. The standard InChI is InChI=1S/C34H36N6O2.C31H33N6.C19H15N3.C12H18N2O2/c1-4-38(5-2)29-19-21-31-33(24-29)40(28-11-8-7-9-12-28)32-23-26(16-20-30(32)35-31)37-36-25-14-17-27(18-15-25)39(6-3)22-10-13-34(41)42;1-5-35(4)25-16-13-23(14-17-25)33-34-24-15-19-28-30(21-24)37(26-11-9-8-10-12-26)31-22-27(36(6-2)7-3)18-20-29(31)32-28;1-13-7-9-16-18(11-13)22(15-5-3-2-4-6-15)19-12-14(20)8-10-17(19)21-16;1-2-14(9-3-4-12(15)16)11-7-5-10(13)6-8-11/h7-9,11-12,14-21,23-24H,4-6,10,13,22H2,1-3H3;8-22H,5-7H2,1-4H3;2-12,20H,1H3;5-8H,2-4,9,13H2,1H3,(H,15,16)/q;+1;;. The number of nitrogens with zero attached hydrogens (tertiary/aromatic N) is 15. The molecular formula is C96H102N17O4+. The Bertz CT molecular complexity index is 5870. The number of nitrogens with two attached hydrogens (primary N) is 2. The average molecular weight is 1560 g/mol. The first-order chi connectivity index (χ1) is 57.0. The third kappa shape index (κ3) is 20.8. The van der Waals surface area contributed by atoms with Crippen LogP contribution in [0.2, 0.25) is 0 Å². The summed E-state index contributed by atoms with van der Waals surface area (Å²) in [4.78, 5) is 46.9. The molecule has 0 bridgehead atoms. The first kappa shape index (κ1) is 82.6. The van der Waals surface area contributed by atoms with Crippen molar-refractivity contribution in [1.29, 1.82) is 0 Å². The lowest BCUT2D eigenvalue weighted by molar-refractivity contribution is -0.538. The van der Waals surface area contributed by atoms with Gasteiger partial charge in [0.25, 0.3) is 0 Å². The molecule has 0 spiro atoms. The van der Waals surface area contributed by atoms with Crippen molar-refractivity contribution in [2.75, 3.05) is 102 Å². The largest absolute Gasteiger partial charge is 0.550 e. The molecule has 15 rings (SSSR count). The third-order valence-electron chi connectivity index (χ3n) is 20.6. The van der Waals surface area contributed by atoms with E-state index >= 15 is 0 Å². The number of anilines is 7. The second-order valence-electron chi connectivity index (χ2n) is 28.3. The number of carbonyl (C=O) groups is 2. The molecule has 0 amide bonds. The number of fused-ring (bicyclic) bond motifs is 6. The van der Waals surface area contributed by atoms with E-state index in [1.54, 1.807) is 0 Å². The summed E-state index contributed by atoms with van der Waals surface area (Å²) >= 11 is 0. The molecule has 15 aromatic rings. The Morgan fingerprint density at radius 2 is 0.624 bits per heavy atom. The summed E-state index contributed by atoms with van der Waals surface area (Å²) in [6.07, 6.45) is 1.30. The van der Waals surface area contributed by atoms with Gasteiger partial charge in [-0.05, 0) is 226 Å². The number of para-hydroxylation sites is 3. The van der Waals surface area contributed by atoms with Crippen LogP contribution in [0.4, 0.5) is 62.6 Å². The lowest BCUT2D eigenvalue weighted by Crippen LogP contribution is -2.33. The van der Waals surface area contributed by atoms with Crippen LogP contribution < -0.4 is 59.9 Å². The van der Waals surface area contributed by atoms with Gasteiger partial charge >= 0.3 is 0 Å². The van der Waals surface area contributed by atoms with Crippen molar-refractivity contribution >= 4 is 141 Å². The second-order valence-corrected chi connectivity index (χ2v) is 28.3. The number of aliphatic carboxylic acids is 2. The maximum Gasteiger partial charge on any atom is 0.239 e. The van der Waals surface area contributed by atoms with Crippen LogP contribution >= 0.6 is 0 Å². The smallest absolute Gasteiger partial charge is 0.239 e. The van der Waals surface area contributed by atoms with Crippen molar-refractivity contribution in [3.63, 3.8) is 0 Å². The maximum absolute atomic E-state index is 10.8. The normalized spacial score (nSPS) is 11.2. The van der Waals surface area contributed by atoms with E-state index in [1.165, 1.54) is 11.3 Å². The van der Waals surface area contributed by atoms with E-state index in [-0.39, 0.29) is 12.8 Å². The van der Waals surface area contributed by atoms with Crippen LogP contribution in [0.5, 0.6) is 0 Å². The molecule has 0 saturated heterocycles. The molecule has 3 heterocycles. The highest BCUT2D eigenvalue weighted by Gasteiger charge is 2.25. The van der Waals surface area contributed by atoms with Gasteiger partial charge in [0, 0.05) is 190 Å². The fraction of sp³-hybridized carbons (Fsp3) is 0.229. The third-order valence-corrected chi connectivity index (χ3v) is 20.6. The first-order valence-corrected chi connectivity index (χ1v) is 40.2. The Balaban J connectivity index is 0.000000152. The minimum Gasteiger partial charge on any atom is -0.550 e. The number of hydrogen-bond acceptors (Lipinski definition) is 18. The highest BCUT2D eigenvalue weighted by Crippen LogP contribution is 2.32. The van der Waals surface area contributed by atoms with Crippen molar-refractivity contribution in [3.8, 4) is 17.1 Å². The molecule has 21 heteroatoms. The number of hydrogen-bond donors (Lipinski definition) is 2. The van der Waals surface area contributed by atoms with E-state index in [1.807, 2.05) is 159 Å². The molecule has 0 unspecified atom stereocenters. The van der Waals surface area contributed by atoms with Gasteiger partial charge in [-0.2, -0.15) is 20.5 Å². The molecule has 12 aromatic carbocycles. The number of azo groups is 2. The van der Waals surface area contributed by atoms with E-state index in [0.29, 0.717) is 25.9 Å². The van der Waals surface area contributed by atoms with Crippen molar-refractivity contribution in [2.45, 2.75) is 81.1 Å². The van der Waals surface area contributed by atoms with Gasteiger partial charge in [-0.1, -0.05) is 60.7 Å². The number of aromatic nitrogens is 6. The Morgan fingerprint density at radius 3 is 1.00 bits per heavy atom. The summed E-state index contributed by atoms with van der Waals surface area (Å²) < 4.78 is 6.75. The summed E-state index contributed by atoms with van der Waals surface area (Å²) in [5.74, 6) is -2.01. The molecule has 0 aliphatic rings.